The molecule has 0 aliphatic rings. The zero-order valence-corrected chi connectivity index (χ0v) is 14.8. The van der Waals surface area contributed by atoms with Gasteiger partial charge in [0.1, 0.15) is 5.75 Å². The molecule has 0 radical (unpaired) electrons. The van der Waals surface area contributed by atoms with Crippen molar-refractivity contribution in [3.63, 3.8) is 0 Å². The zero-order chi connectivity index (χ0) is 17.9. The molecule has 1 aromatic rings. The summed E-state index contributed by atoms with van der Waals surface area (Å²) in [5.41, 5.74) is 4.95. The van der Waals surface area contributed by atoms with Crippen LogP contribution in [0.25, 0.3) is 0 Å². The number of nitrogens with one attached hydrogen (secondary N) is 3. The van der Waals surface area contributed by atoms with Gasteiger partial charge < -0.3 is 15.2 Å². The summed E-state index contributed by atoms with van der Waals surface area (Å²) in [7, 11) is 1.37. The predicted octanol–water partition coefficient (Wildman–Crippen LogP) is 1.89. The molecule has 0 spiro atoms. The Morgan fingerprint density at radius 3 is 2.71 bits per heavy atom. The molecule has 0 aliphatic carbocycles. The Labute approximate surface area is 150 Å². The average Bonchev–Trinajstić information content (AvgIpc) is 2.57. The van der Waals surface area contributed by atoms with Gasteiger partial charge in [0, 0.05) is 18.0 Å². The van der Waals surface area contributed by atoms with Crippen LogP contribution >= 0.6 is 23.8 Å². The fourth-order valence-corrected chi connectivity index (χ4v) is 2.12. The fourth-order valence-electron chi connectivity index (χ4n) is 1.79. The molecule has 1 amide bonds. The molecule has 1 rings (SSSR count). The van der Waals surface area contributed by atoms with Gasteiger partial charge in [-0.15, -0.1) is 0 Å². The molecule has 0 bridgehead atoms. The summed E-state index contributed by atoms with van der Waals surface area (Å²) in [5, 5.41) is 13.1. The van der Waals surface area contributed by atoms with Crippen molar-refractivity contribution in [2.75, 3.05) is 13.7 Å². The zero-order valence-electron chi connectivity index (χ0n) is 13.2. The number of halogens is 1. The molecule has 9 heteroatoms. The number of thiocarbonyl (C=S) groups is 1. The van der Waals surface area contributed by atoms with E-state index in [4.69, 9.17) is 23.8 Å². The third kappa shape index (κ3) is 7.47. The highest BCUT2D eigenvalue weighted by molar-refractivity contribution is 7.80. The first-order chi connectivity index (χ1) is 11.4. The van der Waals surface area contributed by atoms with Gasteiger partial charge in [-0.05, 0) is 43.3 Å². The number of amides is 1. The lowest BCUT2D eigenvalue weighted by Gasteiger charge is -2.12. The van der Waals surface area contributed by atoms with Crippen LogP contribution in [-0.2, 0) is 9.53 Å². The van der Waals surface area contributed by atoms with Crippen molar-refractivity contribution in [2.24, 2.45) is 0 Å². The van der Waals surface area contributed by atoms with Crippen molar-refractivity contribution >= 4 is 40.8 Å². The summed E-state index contributed by atoms with van der Waals surface area (Å²) in [4.78, 5) is 22.8. The predicted molar refractivity (Wildman–Crippen MR) is 94.8 cm³/mol. The number of hydrogen-bond donors (Lipinski definition) is 4. The Morgan fingerprint density at radius 2 is 2.00 bits per heavy atom. The van der Waals surface area contributed by atoms with Crippen LogP contribution in [-0.4, -0.2) is 35.8 Å². The minimum Gasteiger partial charge on any atom is -0.507 e. The number of benzene rings is 1. The average molecular weight is 374 g/mol. The van der Waals surface area contributed by atoms with Gasteiger partial charge in [-0.2, -0.15) is 0 Å². The number of carbonyl (C=O) groups excluding carboxylic acids is 2. The molecule has 0 unspecified atom stereocenters. The van der Waals surface area contributed by atoms with Crippen LogP contribution in [0.3, 0.4) is 0 Å². The quantitative estimate of drug-likeness (QED) is 0.250. The number of phenolic OH excluding ortho intramolecular Hbond substituents is 1. The van der Waals surface area contributed by atoms with Crippen LogP contribution in [0, 0.1) is 0 Å². The number of hydrazine groups is 1. The molecule has 1 aromatic carbocycles. The van der Waals surface area contributed by atoms with Gasteiger partial charge in [-0.25, -0.2) is 0 Å². The van der Waals surface area contributed by atoms with Crippen LogP contribution in [0.2, 0.25) is 5.02 Å². The molecule has 24 heavy (non-hydrogen) atoms. The lowest BCUT2D eigenvalue weighted by molar-refractivity contribution is -0.140. The van der Waals surface area contributed by atoms with Gasteiger partial charge in [0.25, 0.3) is 5.91 Å². The van der Waals surface area contributed by atoms with Crippen LogP contribution in [0.1, 0.15) is 36.0 Å². The van der Waals surface area contributed by atoms with Crippen molar-refractivity contribution in [2.45, 2.75) is 25.7 Å². The first-order valence-electron chi connectivity index (χ1n) is 7.33. The number of unbranched alkanes of at least 4 members (excludes halogenated alkanes) is 2. The van der Waals surface area contributed by atoms with Crippen molar-refractivity contribution in [1.82, 2.24) is 16.2 Å². The Morgan fingerprint density at radius 1 is 1.25 bits per heavy atom. The highest BCUT2D eigenvalue weighted by atomic mass is 35.5. The number of hydrogen-bond acceptors (Lipinski definition) is 5. The number of aromatic hydroxyl groups is 1. The van der Waals surface area contributed by atoms with Gasteiger partial charge in [0.05, 0.1) is 12.7 Å². The van der Waals surface area contributed by atoms with Crippen LogP contribution < -0.4 is 16.2 Å². The van der Waals surface area contributed by atoms with E-state index in [0.717, 1.165) is 19.3 Å². The second-order valence-corrected chi connectivity index (χ2v) is 5.73. The highest BCUT2D eigenvalue weighted by Crippen LogP contribution is 2.20. The van der Waals surface area contributed by atoms with Gasteiger partial charge in [-0.1, -0.05) is 18.0 Å². The number of phenols is 1. The molecule has 0 saturated carbocycles. The molecule has 7 nitrogen and oxygen atoms in total. The molecular formula is C15H20ClN3O4S. The minimum absolute atomic E-state index is 0.0422. The van der Waals surface area contributed by atoms with Crippen LogP contribution in [0.4, 0.5) is 0 Å². The number of esters is 1. The SMILES string of the molecule is COC(=O)CCCCCNC(=S)NNC(=O)c1cc(Cl)ccc1O. The van der Waals surface area contributed by atoms with E-state index in [1.54, 1.807) is 0 Å². The molecule has 0 aromatic heterocycles. The van der Waals surface area contributed by atoms with Crippen LogP contribution in [0.15, 0.2) is 18.2 Å². The van der Waals surface area contributed by atoms with E-state index in [1.165, 1.54) is 25.3 Å². The van der Waals surface area contributed by atoms with E-state index in [1.807, 2.05) is 0 Å². The molecular weight excluding hydrogens is 354 g/mol. The first kappa shape index (κ1) is 20.0. The van der Waals surface area contributed by atoms with Crippen molar-refractivity contribution in [3.05, 3.63) is 28.8 Å². The lowest BCUT2D eigenvalue weighted by atomic mass is 10.2. The van der Waals surface area contributed by atoms with Crippen molar-refractivity contribution in [3.8, 4) is 5.75 Å². The first-order valence-corrected chi connectivity index (χ1v) is 8.12. The van der Waals surface area contributed by atoms with Gasteiger partial charge in [-0.3, -0.25) is 20.4 Å². The van der Waals surface area contributed by atoms with Gasteiger partial charge >= 0.3 is 5.97 Å². The maximum absolute atomic E-state index is 11.9. The largest absolute Gasteiger partial charge is 0.507 e. The summed E-state index contributed by atoms with van der Waals surface area (Å²) in [6, 6.07) is 4.17. The Balaban J connectivity index is 2.20. The Hall–Kier alpha value is -2.06. The number of methoxy groups -OCH3 is 1. The highest BCUT2D eigenvalue weighted by Gasteiger charge is 2.11. The number of ether oxygens (including phenoxy) is 1. The molecule has 0 heterocycles. The van der Waals surface area contributed by atoms with E-state index in [-0.39, 0.29) is 22.4 Å². The standard InChI is InChI=1S/C15H20ClN3O4S/c1-23-13(21)5-3-2-4-8-17-15(24)19-18-14(22)11-9-10(16)6-7-12(11)20/h6-7,9,20H,2-5,8H2,1H3,(H,18,22)(H2,17,19,24). The normalized spacial score (nSPS) is 9.92. The monoisotopic (exact) mass is 373 g/mol. The summed E-state index contributed by atoms with van der Waals surface area (Å²) >= 11 is 10.8. The van der Waals surface area contributed by atoms with E-state index < -0.39 is 5.91 Å². The smallest absolute Gasteiger partial charge is 0.305 e. The summed E-state index contributed by atoms with van der Waals surface area (Å²) in [6.45, 7) is 0.602. The van der Waals surface area contributed by atoms with E-state index in [9.17, 15) is 14.7 Å². The summed E-state index contributed by atoms with van der Waals surface area (Å²) < 4.78 is 4.55. The number of rotatable bonds is 7. The van der Waals surface area contributed by atoms with Crippen molar-refractivity contribution < 1.29 is 19.4 Å². The summed E-state index contributed by atoms with van der Waals surface area (Å²) in [5.74, 6) is -0.951. The molecule has 0 fully saturated rings. The van der Waals surface area contributed by atoms with Gasteiger partial charge in [0.2, 0.25) is 0 Å². The molecule has 0 atom stereocenters. The molecule has 132 valence electrons. The molecule has 4 N–H and O–H groups in total. The Kier molecular flexibility index (Phi) is 8.88. The second kappa shape index (κ2) is 10.7. The van der Waals surface area contributed by atoms with E-state index in [0.29, 0.717) is 18.0 Å². The van der Waals surface area contributed by atoms with Gasteiger partial charge in [0.15, 0.2) is 5.11 Å². The third-order valence-electron chi connectivity index (χ3n) is 3.06. The van der Waals surface area contributed by atoms with E-state index in [2.05, 4.69) is 20.9 Å². The Bertz CT molecular complexity index is 598. The minimum atomic E-state index is -0.558. The maximum atomic E-state index is 11.9. The molecule has 0 saturated heterocycles. The molecule has 0 aliphatic heterocycles. The van der Waals surface area contributed by atoms with E-state index >= 15 is 0 Å². The fraction of sp³-hybridized carbons (Fsp3) is 0.400. The third-order valence-corrected chi connectivity index (χ3v) is 3.55. The summed E-state index contributed by atoms with van der Waals surface area (Å²) in [6.07, 6.45) is 2.83. The van der Waals surface area contributed by atoms with Crippen molar-refractivity contribution in [1.29, 1.82) is 0 Å². The lowest BCUT2D eigenvalue weighted by Crippen LogP contribution is -2.47. The maximum Gasteiger partial charge on any atom is 0.305 e. The number of carbonyl (C=O) groups is 2. The second-order valence-electron chi connectivity index (χ2n) is 4.88. The van der Waals surface area contributed by atoms with Crippen LogP contribution in [0.5, 0.6) is 5.75 Å². The topological polar surface area (TPSA) is 99.7 Å².